The number of aliphatic carboxylic acids is 1. The van der Waals surface area contributed by atoms with Crippen LogP contribution >= 0.6 is 0 Å². The first-order valence-electron chi connectivity index (χ1n) is 11.9. The van der Waals surface area contributed by atoms with Gasteiger partial charge in [0.2, 0.25) is 10.0 Å². The molecule has 0 amide bonds. The number of rotatable bonds is 13. The predicted molar refractivity (Wildman–Crippen MR) is 139 cm³/mol. The minimum atomic E-state index is -4.17. The van der Waals surface area contributed by atoms with Crippen LogP contribution in [0.3, 0.4) is 0 Å². The van der Waals surface area contributed by atoms with Gasteiger partial charge in [-0.15, -0.1) is 5.92 Å². The van der Waals surface area contributed by atoms with Crippen molar-refractivity contribution in [1.82, 2.24) is 9.29 Å². The molecule has 37 heavy (non-hydrogen) atoms. The van der Waals surface area contributed by atoms with E-state index in [4.69, 9.17) is 4.74 Å². The van der Waals surface area contributed by atoms with Crippen molar-refractivity contribution in [1.29, 1.82) is 0 Å². The molecule has 0 aliphatic rings. The van der Waals surface area contributed by atoms with Crippen LogP contribution in [0.2, 0.25) is 0 Å². The van der Waals surface area contributed by atoms with Crippen molar-refractivity contribution in [2.24, 2.45) is 0 Å². The first-order chi connectivity index (χ1) is 17.7. The average Bonchev–Trinajstić information content (AvgIpc) is 3.20. The number of aryl methyl sites for hydroxylation is 1. The van der Waals surface area contributed by atoms with Crippen molar-refractivity contribution < 1.29 is 33.0 Å². The average molecular weight is 527 g/mol. The fraction of sp³-hybridized carbons (Fsp3) is 0.333. The van der Waals surface area contributed by atoms with Crippen LogP contribution in [0.15, 0.2) is 53.6 Å². The molecule has 0 saturated heterocycles. The molecule has 3 N–H and O–H groups in total. The number of nitrogens with zero attached hydrogens (tertiary/aromatic N) is 1. The van der Waals surface area contributed by atoms with Gasteiger partial charge in [0, 0.05) is 30.1 Å². The number of ether oxygens (including phenoxy) is 1. The summed E-state index contributed by atoms with van der Waals surface area (Å²) in [4.78, 5) is 23.5. The molecule has 1 aromatic heterocycles. The molecule has 9 nitrogen and oxygen atoms in total. The summed E-state index contributed by atoms with van der Waals surface area (Å²) in [6.07, 6.45) is 4.56. The smallest absolute Gasteiger partial charge is 0.335 e. The zero-order valence-corrected chi connectivity index (χ0v) is 21.5. The largest absolute Gasteiger partial charge is 0.481 e. The van der Waals surface area contributed by atoms with Gasteiger partial charge in [-0.3, -0.25) is 4.79 Å². The standard InChI is InChI=1S/C27H30N2O7S/c1-3-5-7-14-29-18-20(23-16-19(26(30)31)8-13-25(23)29)17-24(27(32)33)28-37(34,35)22-11-9-21(10-12-22)36-15-6-4-2/h8-13,16,18,24,28H,3,5,7,14-15,17H2,1-2H3,(H,30,31)(H,32,33)/t24-/m0/s1. The summed E-state index contributed by atoms with van der Waals surface area (Å²) in [5.74, 6) is 3.42. The number of aromatic nitrogens is 1. The minimum Gasteiger partial charge on any atom is -0.481 e. The van der Waals surface area contributed by atoms with E-state index < -0.39 is 28.0 Å². The third-order valence-electron chi connectivity index (χ3n) is 5.85. The minimum absolute atomic E-state index is 0.0692. The van der Waals surface area contributed by atoms with E-state index in [0.717, 1.165) is 24.8 Å². The van der Waals surface area contributed by atoms with Gasteiger partial charge in [0.05, 0.1) is 10.5 Å². The van der Waals surface area contributed by atoms with Gasteiger partial charge in [0.25, 0.3) is 0 Å². The maximum Gasteiger partial charge on any atom is 0.335 e. The molecule has 2 aromatic carbocycles. The zero-order valence-electron chi connectivity index (χ0n) is 20.7. The van der Waals surface area contributed by atoms with Crippen molar-refractivity contribution in [3.63, 3.8) is 0 Å². The maximum atomic E-state index is 13.0. The van der Waals surface area contributed by atoms with Crippen LogP contribution in [-0.2, 0) is 27.8 Å². The normalized spacial score (nSPS) is 12.1. The summed E-state index contributed by atoms with van der Waals surface area (Å²) >= 11 is 0. The highest BCUT2D eigenvalue weighted by atomic mass is 32.2. The van der Waals surface area contributed by atoms with E-state index in [1.807, 2.05) is 4.57 Å². The Morgan fingerprint density at radius 2 is 1.84 bits per heavy atom. The fourth-order valence-electron chi connectivity index (χ4n) is 3.94. The third-order valence-corrected chi connectivity index (χ3v) is 7.34. The lowest BCUT2D eigenvalue weighted by atomic mass is 10.0. The quantitative estimate of drug-likeness (QED) is 0.227. The highest BCUT2D eigenvalue weighted by molar-refractivity contribution is 7.89. The first kappa shape index (κ1) is 27.8. The summed E-state index contributed by atoms with van der Waals surface area (Å²) in [6.45, 7) is 4.61. The van der Waals surface area contributed by atoms with Gasteiger partial charge in [-0.25, -0.2) is 13.2 Å². The Balaban J connectivity index is 1.88. The summed E-state index contributed by atoms with van der Waals surface area (Å²) in [5, 5.41) is 19.9. The second-order valence-electron chi connectivity index (χ2n) is 8.50. The number of sulfonamides is 1. The molecule has 0 unspecified atom stereocenters. The van der Waals surface area contributed by atoms with Crippen molar-refractivity contribution in [2.75, 3.05) is 6.61 Å². The lowest BCUT2D eigenvalue weighted by Crippen LogP contribution is -2.42. The Hall–Kier alpha value is -3.81. The molecule has 0 aliphatic carbocycles. The van der Waals surface area contributed by atoms with Gasteiger partial charge in [0.15, 0.2) is 0 Å². The van der Waals surface area contributed by atoms with Gasteiger partial charge in [0.1, 0.15) is 18.4 Å². The van der Waals surface area contributed by atoms with Crippen molar-refractivity contribution in [3.8, 4) is 17.6 Å². The van der Waals surface area contributed by atoms with Crippen LogP contribution in [-0.4, -0.2) is 47.8 Å². The monoisotopic (exact) mass is 526 g/mol. The number of benzene rings is 2. The number of fused-ring (bicyclic) bond motifs is 1. The van der Waals surface area contributed by atoms with E-state index in [1.54, 1.807) is 19.2 Å². The summed E-state index contributed by atoms with van der Waals surface area (Å²) in [7, 11) is -4.17. The van der Waals surface area contributed by atoms with E-state index in [-0.39, 0.29) is 23.5 Å². The summed E-state index contributed by atoms with van der Waals surface area (Å²) in [5.41, 5.74) is 1.39. The van der Waals surface area contributed by atoms with E-state index in [1.165, 1.54) is 36.4 Å². The molecule has 0 saturated carbocycles. The summed E-state index contributed by atoms with van der Waals surface area (Å²) < 4.78 is 35.6. The second kappa shape index (κ2) is 12.4. The van der Waals surface area contributed by atoms with E-state index in [9.17, 15) is 28.2 Å². The van der Waals surface area contributed by atoms with E-state index >= 15 is 0 Å². The van der Waals surface area contributed by atoms with Gasteiger partial charge < -0.3 is 19.5 Å². The van der Waals surface area contributed by atoms with Crippen molar-refractivity contribution in [3.05, 3.63) is 59.8 Å². The van der Waals surface area contributed by atoms with Gasteiger partial charge in [-0.2, -0.15) is 4.72 Å². The van der Waals surface area contributed by atoms with Crippen molar-refractivity contribution in [2.45, 2.75) is 57.0 Å². The molecule has 10 heteroatoms. The molecule has 3 rings (SSSR count). The van der Waals surface area contributed by atoms with Crippen molar-refractivity contribution >= 4 is 32.9 Å². The number of unbranched alkanes of at least 4 members (excludes halogenated alkanes) is 2. The van der Waals surface area contributed by atoms with E-state index in [0.29, 0.717) is 23.2 Å². The Morgan fingerprint density at radius 3 is 2.46 bits per heavy atom. The number of carbonyl (C=O) groups is 2. The second-order valence-corrected chi connectivity index (χ2v) is 10.2. The predicted octanol–water partition coefficient (Wildman–Crippen LogP) is 3.91. The van der Waals surface area contributed by atoms with Crippen LogP contribution in [0, 0.1) is 11.8 Å². The summed E-state index contributed by atoms with van der Waals surface area (Å²) in [6, 6.07) is 8.83. The van der Waals surface area contributed by atoms with Crippen LogP contribution in [0.5, 0.6) is 5.75 Å². The van der Waals surface area contributed by atoms with Crippen LogP contribution in [0.1, 0.15) is 49.0 Å². The molecule has 196 valence electrons. The Kier molecular flexibility index (Phi) is 9.33. The van der Waals surface area contributed by atoms with Crippen LogP contribution in [0.4, 0.5) is 0 Å². The Labute approximate surface area is 216 Å². The topological polar surface area (TPSA) is 135 Å². The third kappa shape index (κ3) is 7.12. The van der Waals surface area contributed by atoms with Gasteiger partial charge in [-0.05, 0) is 61.4 Å². The Morgan fingerprint density at radius 1 is 1.11 bits per heavy atom. The lowest BCUT2D eigenvalue weighted by Gasteiger charge is -2.15. The molecule has 0 fully saturated rings. The zero-order chi connectivity index (χ0) is 27.0. The fourth-order valence-corrected chi connectivity index (χ4v) is 5.13. The van der Waals surface area contributed by atoms with Gasteiger partial charge >= 0.3 is 11.9 Å². The molecule has 0 bridgehead atoms. The number of carboxylic acids is 2. The number of nitrogens with one attached hydrogen (secondary N) is 1. The molecule has 1 atom stereocenters. The molecule has 3 aromatic rings. The lowest BCUT2D eigenvalue weighted by molar-refractivity contribution is -0.138. The molecule has 0 aliphatic heterocycles. The Bertz CT molecular complexity index is 1430. The molecular formula is C27H30N2O7S. The molecular weight excluding hydrogens is 496 g/mol. The number of hydrogen-bond acceptors (Lipinski definition) is 5. The van der Waals surface area contributed by atoms with Crippen LogP contribution in [0.25, 0.3) is 10.9 Å². The van der Waals surface area contributed by atoms with Gasteiger partial charge in [-0.1, -0.05) is 25.7 Å². The number of hydrogen-bond donors (Lipinski definition) is 3. The van der Waals surface area contributed by atoms with E-state index in [2.05, 4.69) is 23.5 Å². The molecule has 1 heterocycles. The number of aromatic carboxylic acids is 1. The van der Waals surface area contributed by atoms with Crippen LogP contribution < -0.4 is 9.46 Å². The highest BCUT2D eigenvalue weighted by Crippen LogP contribution is 2.26. The maximum absolute atomic E-state index is 13.0. The molecule has 0 radical (unpaired) electrons. The SMILES string of the molecule is CC#CCOc1ccc(S(=O)(=O)N[C@@H](Cc2cn(CCCCC)c3ccc(C(=O)O)cc23)C(=O)O)cc1. The first-order valence-corrected chi connectivity index (χ1v) is 13.4. The number of carboxylic acid groups (broad SMARTS) is 2. The molecule has 0 spiro atoms. The highest BCUT2D eigenvalue weighted by Gasteiger charge is 2.27.